The van der Waals surface area contributed by atoms with Gasteiger partial charge in [0.2, 0.25) is 5.01 Å². The molecule has 0 radical (unpaired) electrons. The van der Waals surface area contributed by atoms with Crippen LogP contribution < -0.4 is 4.74 Å². The van der Waals surface area contributed by atoms with Crippen molar-refractivity contribution in [1.82, 2.24) is 4.98 Å². The van der Waals surface area contributed by atoms with Gasteiger partial charge in [-0.05, 0) is 48.2 Å². The summed E-state index contributed by atoms with van der Waals surface area (Å²) in [5.41, 5.74) is 0.188. The molecule has 0 spiro atoms. The number of alkyl halides is 2. The Morgan fingerprint density at radius 1 is 0.949 bits per heavy atom. The first kappa shape index (κ1) is 27.4. The average Bonchev–Trinajstić information content (AvgIpc) is 3.32. The summed E-state index contributed by atoms with van der Waals surface area (Å²) in [4.78, 5) is 3.79. The Kier molecular flexibility index (Phi) is 7.53. The summed E-state index contributed by atoms with van der Waals surface area (Å²) >= 11 is 0.463. The van der Waals surface area contributed by atoms with Crippen LogP contribution in [-0.4, -0.2) is 25.3 Å². The molecule has 0 bridgehead atoms. The quantitative estimate of drug-likeness (QED) is 0.167. The summed E-state index contributed by atoms with van der Waals surface area (Å²) in [6.45, 7) is 0.949. The molecule has 2 heterocycles. The summed E-state index contributed by atoms with van der Waals surface area (Å²) in [7, 11) is 1.60. The van der Waals surface area contributed by atoms with Gasteiger partial charge < -0.3 is 14.2 Å². The van der Waals surface area contributed by atoms with Crippen LogP contribution in [0, 0.1) is 35.0 Å². The zero-order valence-electron chi connectivity index (χ0n) is 20.3. The van der Waals surface area contributed by atoms with Crippen molar-refractivity contribution in [2.45, 2.75) is 25.1 Å². The lowest BCUT2D eigenvalue weighted by atomic mass is 9.93. The van der Waals surface area contributed by atoms with Gasteiger partial charge in [0.05, 0.1) is 35.1 Å². The lowest BCUT2D eigenvalue weighted by Gasteiger charge is -2.29. The van der Waals surface area contributed by atoms with Crippen molar-refractivity contribution >= 4 is 21.6 Å². The molecule has 1 aliphatic rings. The standard InChI is InChI=1S/C27H20F7NO3S/c1-36-11-13-2-5-22(37-12-13)15-6-17(28)24(18(29)7-15)14-3-4-21-23(8-14)39-26(35-21)27(33,34)38-16-9-19(30)25(32)20(31)10-16/h3-4,6-10,13,22H,2,5,11-12H2,1H3. The van der Waals surface area contributed by atoms with Crippen LogP contribution in [0.3, 0.4) is 0 Å². The van der Waals surface area contributed by atoms with Crippen molar-refractivity contribution in [3.8, 4) is 16.9 Å². The van der Waals surface area contributed by atoms with Crippen LogP contribution in [0.5, 0.6) is 5.75 Å². The number of hydrogen-bond acceptors (Lipinski definition) is 5. The summed E-state index contributed by atoms with van der Waals surface area (Å²) in [6.07, 6.45) is -3.24. The molecule has 0 aliphatic carbocycles. The molecule has 0 amide bonds. The van der Waals surface area contributed by atoms with Gasteiger partial charge in [0.1, 0.15) is 17.4 Å². The molecule has 4 aromatic rings. The van der Waals surface area contributed by atoms with E-state index in [0.29, 0.717) is 36.5 Å². The van der Waals surface area contributed by atoms with Gasteiger partial charge in [-0.2, -0.15) is 8.78 Å². The van der Waals surface area contributed by atoms with E-state index in [4.69, 9.17) is 9.47 Å². The predicted octanol–water partition coefficient (Wildman–Crippen LogP) is 7.90. The van der Waals surface area contributed by atoms with Gasteiger partial charge in [-0.1, -0.05) is 6.07 Å². The third-order valence-electron chi connectivity index (χ3n) is 6.34. The second kappa shape index (κ2) is 10.7. The largest absolute Gasteiger partial charge is 0.454 e. The van der Waals surface area contributed by atoms with E-state index in [1.807, 2.05) is 0 Å². The van der Waals surface area contributed by atoms with E-state index in [9.17, 15) is 22.0 Å². The van der Waals surface area contributed by atoms with Crippen molar-refractivity contribution < 1.29 is 44.9 Å². The fourth-order valence-electron chi connectivity index (χ4n) is 4.48. The number of ether oxygens (including phenoxy) is 3. The SMILES string of the molecule is COCC1CCC(c2cc(F)c(-c3ccc4nc(C(F)(F)Oc5cc(F)c(F)c(F)c5)sc4c3)c(F)c2)OC1. The normalized spacial score (nSPS) is 18.1. The molecule has 0 saturated carbocycles. The maximum Gasteiger partial charge on any atom is 0.454 e. The van der Waals surface area contributed by atoms with Crippen molar-refractivity contribution in [2.75, 3.05) is 20.3 Å². The van der Waals surface area contributed by atoms with E-state index in [2.05, 4.69) is 9.72 Å². The fraction of sp³-hybridized carbons (Fsp3) is 0.296. The highest BCUT2D eigenvalue weighted by Gasteiger charge is 2.39. The minimum Gasteiger partial charge on any atom is -0.427 e. The summed E-state index contributed by atoms with van der Waals surface area (Å²) < 4.78 is 115. The molecule has 1 aliphatic heterocycles. The molecule has 4 nitrogen and oxygen atoms in total. The van der Waals surface area contributed by atoms with E-state index >= 15 is 8.78 Å². The van der Waals surface area contributed by atoms with Gasteiger partial charge in [-0.15, -0.1) is 11.3 Å². The molecule has 2 unspecified atom stereocenters. The first-order valence-electron chi connectivity index (χ1n) is 11.8. The number of rotatable bonds is 7. The molecule has 2 atom stereocenters. The zero-order chi connectivity index (χ0) is 27.9. The minimum atomic E-state index is -4.14. The Hall–Kier alpha value is -3.22. The Bertz CT molecular complexity index is 1470. The Morgan fingerprint density at radius 3 is 2.26 bits per heavy atom. The molecule has 206 valence electrons. The lowest BCUT2D eigenvalue weighted by Crippen LogP contribution is -2.24. The fourth-order valence-corrected chi connectivity index (χ4v) is 5.39. The van der Waals surface area contributed by atoms with Crippen LogP contribution in [0.25, 0.3) is 21.3 Å². The number of aromatic nitrogens is 1. The zero-order valence-corrected chi connectivity index (χ0v) is 21.1. The van der Waals surface area contributed by atoms with E-state index in [1.54, 1.807) is 7.11 Å². The highest BCUT2D eigenvalue weighted by Crippen LogP contribution is 2.40. The second-order valence-corrected chi connectivity index (χ2v) is 10.1. The third kappa shape index (κ3) is 5.59. The van der Waals surface area contributed by atoms with Gasteiger partial charge in [-0.25, -0.2) is 26.9 Å². The molecular weight excluding hydrogens is 551 g/mol. The third-order valence-corrected chi connectivity index (χ3v) is 7.41. The molecule has 1 saturated heterocycles. The molecule has 39 heavy (non-hydrogen) atoms. The average molecular weight is 572 g/mol. The van der Waals surface area contributed by atoms with Crippen molar-refractivity contribution in [2.24, 2.45) is 5.92 Å². The number of hydrogen-bond donors (Lipinski definition) is 0. The van der Waals surface area contributed by atoms with E-state index in [1.165, 1.54) is 30.3 Å². The Labute approximate surface area is 222 Å². The van der Waals surface area contributed by atoms with Crippen LogP contribution in [0.2, 0.25) is 0 Å². The van der Waals surface area contributed by atoms with Crippen LogP contribution in [-0.2, 0) is 15.6 Å². The van der Waals surface area contributed by atoms with Crippen LogP contribution in [0.1, 0.15) is 29.5 Å². The van der Waals surface area contributed by atoms with E-state index in [0.717, 1.165) is 6.42 Å². The van der Waals surface area contributed by atoms with Gasteiger partial charge in [0, 0.05) is 25.2 Å². The maximum atomic E-state index is 15.1. The number of halogens is 7. The summed E-state index contributed by atoms with van der Waals surface area (Å²) in [6, 6.07) is 6.91. The van der Waals surface area contributed by atoms with Crippen LogP contribution in [0.15, 0.2) is 42.5 Å². The number of thiazole rings is 1. The molecule has 1 aromatic heterocycles. The van der Waals surface area contributed by atoms with Gasteiger partial charge in [0.25, 0.3) is 0 Å². The molecule has 0 N–H and O–H groups in total. The minimum absolute atomic E-state index is 0.0807. The summed E-state index contributed by atoms with van der Waals surface area (Å²) in [5.74, 6) is -7.64. The molecule has 5 rings (SSSR count). The van der Waals surface area contributed by atoms with Crippen molar-refractivity contribution in [3.05, 3.63) is 82.1 Å². The topological polar surface area (TPSA) is 40.6 Å². The lowest BCUT2D eigenvalue weighted by molar-refractivity contribution is -0.185. The summed E-state index contributed by atoms with van der Waals surface area (Å²) in [5, 5.41) is -0.877. The van der Waals surface area contributed by atoms with Crippen molar-refractivity contribution in [1.29, 1.82) is 0 Å². The van der Waals surface area contributed by atoms with E-state index in [-0.39, 0.29) is 39.4 Å². The molecule has 1 fully saturated rings. The highest BCUT2D eigenvalue weighted by molar-refractivity contribution is 7.18. The van der Waals surface area contributed by atoms with Crippen LogP contribution in [0.4, 0.5) is 30.7 Å². The molecule has 3 aromatic carbocycles. The molecule has 12 heteroatoms. The number of benzene rings is 3. The Balaban J connectivity index is 1.39. The van der Waals surface area contributed by atoms with Gasteiger partial charge in [0.15, 0.2) is 17.5 Å². The maximum absolute atomic E-state index is 15.1. The van der Waals surface area contributed by atoms with E-state index < -0.39 is 52.1 Å². The van der Waals surface area contributed by atoms with Crippen LogP contribution >= 0.6 is 11.3 Å². The number of methoxy groups -OCH3 is 1. The smallest absolute Gasteiger partial charge is 0.427 e. The first-order chi connectivity index (χ1) is 18.6. The van der Waals surface area contributed by atoms with Gasteiger partial charge in [-0.3, -0.25) is 0 Å². The number of fused-ring (bicyclic) bond motifs is 1. The van der Waals surface area contributed by atoms with Crippen molar-refractivity contribution in [3.63, 3.8) is 0 Å². The van der Waals surface area contributed by atoms with Gasteiger partial charge >= 0.3 is 6.11 Å². The predicted molar refractivity (Wildman–Crippen MR) is 129 cm³/mol. The molecular formula is C27H20F7NO3S. The highest BCUT2D eigenvalue weighted by atomic mass is 32.1. The second-order valence-electron chi connectivity index (χ2n) is 9.10. The Morgan fingerprint density at radius 2 is 1.64 bits per heavy atom. The first-order valence-corrected chi connectivity index (χ1v) is 12.6. The number of nitrogens with zero attached hydrogens (tertiary/aromatic N) is 1. The monoisotopic (exact) mass is 571 g/mol.